The molecule has 0 N–H and O–H groups in total. The average molecular weight is 480 g/mol. The number of likely N-dealkylation sites (N-methyl/N-ethyl adjacent to an activating group) is 1. The Morgan fingerprint density at radius 3 is 2.68 bits per heavy atom. The first-order valence-corrected chi connectivity index (χ1v) is 12.3. The summed E-state index contributed by atoms with van der Waals surface area (Å²) in [5.41, 5.74) is 2.12. The predicted octanol–water partition coefficient (Wildman–Crippen LogP) is 4.57. The van der Waals surface area contributed by atoms with Crippen molar-refractivity contribution in [1.82, 2.24) is 9.80 Å². The van der Waals surface area contributed by atoms with Gasteiger partial charge in [-0.3, -0.25) is 14.5 Å². The van der Waals surface area contributed by atoms with Crippen molar-refractivity contribution < 1.29 is 19.1 Å². The van der Waals surface area contributed by atoms with E-state index in [1.165, 1.54) is 11.8 Å². The van der Waals surface area contributed by atoms with Crippen LogP contribution in [0.5, 0.6) is 5.75 Å². The predicted molar refractivity (Wildman–Crippen MR) is 135 cm³/mol. The van der Waals surface area contributed by atoms with Crippen LogP contribution in [0.15, 0.2) is 58.4 Å². The minimum atomic E-state index is -0.0815. The van der Waals surface area contributed by atoms with E-state index in [0.717, 1.165) is 11.3 Å². The van der Waals surface area contributed by atoms with Crippen molar-refractivity contribution in [1.29, 1.82) is 0 Å². The number of hydrogen-bond donors (Lipinski definition) is 0. The Morgan fingerprint density at radius 1 is 1.18 bits per heavy atom. The van der Waals surface area contributed by atoms with Gasteiger partial charge in [0.1, 0.15) is 5.75 Å². The fourth-order valence-corrected chi connectivity index (χ4v) is 4.80. The molecule has 34 heavy (non-hydrogen) atoms. The van der Waals surface area contributed by atoms with Gasteiger partial charge in [-0.05, 0) is 74.5 Å². The van der Waals surface area contributed by atoms with E-state index in [4.69, 9.17) is 14.5 Å². The number of aliphatic imine (C=N–C) groups is 1. The maximum absolute atomic E-state index is 13.0. The van der Waals surface area contributed by atoms with Crippen LogP contribution < -0.4 is 4.74 Å². The second-order valence-corrected chi connectivity index (χ2v) is 9.26. The minimum Gasteiger partial charge on any atom is -0.491 e. The van der Waals surface area contributed by atoms with Crippen molar-refractivity contribution in [3.8, 4) is 5.75 Å². The Morgan fingerprint density at radius 2 is 1.94 bits per heavy atom. The molecule has 2 aromatic carbocycles. The van der Waals surface area contributed by atoms with Crippen molar-refractivity contribution in [3.63, 3.8) is 0 Å². The number of carbonyl (C=O) groups excluding carboxylic acids is 2. The van der Waals surface area contributed by atoms with E-state index in [1.807, 2.05) is 63.2 Å². The zero-order valence-corrected chi connectivity index (χ0v) is 20.5. The zero-order chi connectivity index (χ0) is 24.1. The van der Waals surface area contributed by atoms with Crippen molar-refractivity contribution in [3.05, 3.63) is 64.6 Å². The molecule has 0 unspecified atom stereocenters. The Labute approximate surface area is 204 Å². The lowest BCUT2D eigenvalue weighted by Crippen LogP contribution is -2.40. The molecule has 2 saturated heterocycles. The third-order valence-electron chi connectivity index (χ3n) is 5.35. The number of benzene rings is 2. The molecule has 2 fully saturated rings. The van der Waals surface area contributed by atoms with Gasteiger partial charge in [0.15, 0.2) is 5.17 Å². The van der Waals surface area contributed by atoms with Gasteiger partial charge in [0, 0.05) is 25.2 Å². The van der Waals surface area contributed by atoms with Crippen molar-refractivity contribution >= 4 is 40.5 Å². The number of amides is 2. The smallest absolute Gasteiger partial charge is 0.266 e. The fraction of sp³-hybridized carbons (Fsp3) is 0.346. The first kappa shape index (κ1) is 24.0. The molecular formula is C26H29N3O4S. The van der Waals surface area contributed by atoms with Crippen LogP contribution in [0.4, 0.5) is 5.69 Å². The van der Waals surface area contributed by atoms with Crippen LogP contribution in [0.3, 0.4) is 0 Å². The summed E-state index contributed by atoms with van der Waals surface area (Å²) in [5.74, 6) is 0.654. The van der Waals surface area contributed by atoms with Gasteiger partial charge >= 0.3 is 0 Å². The van der Waals surface area contributed by atoms with Gasteiger partial charge in [-0.1, -0.05) is 18.2 Å². The van der Waals surface area contributed by atoms with Gasteiger partial charge in [0.2, 0.25) is 0 Å². The highest BCUT2D eigenvalue weighted by Crippen LogP contribution is 2.34. The van der Waals surface area contributed by atoms with Crippen molar-refractivity contribution in [2.75, 3.05) is 32.8 Å². The van der Waals surface area contributed by atoms with Crippen molar-refractivity contribution in [2.45, 2.75) is 26.9 Å². The summed E-state index contributed by atoms with van der Waals surface area (Å²) in [6.45, 7) is 8.67. The Kier molecular flexibility index (Phi) is 7.70. The number of amidine groups is 1. The normalized spacial score (nSPS) is 18.9. The van der Waals surface area contributed by atoms with Crippen LogP contribution in [-0.2, 0) is 9.53 Å². The maximum Gasteiger partial charge on any atom is 0.266 e. The maximum atomic E-state index is 13.0. The lowest BCUT2D eigenvalue weighted by Gasteiger charge is -2.26. The van der Waals surface area contributed by atoms with Crippen LogP contribution >= 0.6 is 11.8 Å². The van der Waals surface area contributed by atoms with E-state index >= 15 is 0 Å². The molecule has 8 heteroatoms. The molecule has 2 aromatic rings. The lowest BCUT2D eigenvalue weighted by atomic mass is 10.1. The van der Waals surface area contributed by atoms with E-state index < -0.39 is 0 Å². The molecule has 2 aliphatic heterocycles. The van der Waals surface area contributed by atoms with Crippen LogP contribution in [-0.4, -0.2) is 65.7 Å². The molecule has 2 heterocycles. The van der Waals surface area contributed by atoms with Gasteiger partial charge in [0.05, 0.1) is 29.9 Å². The van der Waals surface area contributed by atoms with Gasteiger partial charge in [0.25, 0.3) is 11.8 Å². The fourth-order valence-electron chi connectivity index (χ4n) is 3.74. The Hall–Kier alpha value is -3.10. The number of rotatable bonds is 6. The number of carbonyl (C=O) groups is 2. The highest BCUT2D eigenvalue weighted by Gasteiger charge is 2.32. The Bertz CT molecular complexity index is 1120. The SMILES string of the molecule is CCN1C(=O)/C(=C\c2cccc(OC(C)C)c2)SC1=Nc1cccc(C(=O)N2CCOCC2)c1. The third-order valence-corrected chi connectivity index (χ3v) is 6.35. The number of morpholine rings is 1. The zero-order valence-electron chi connectivity index (χ0n) is 19.7. The molecule has 0 aliphatic carbocycles. The van der Waals surface area contributed by atoms with Gasteiger partial charge in [-0.2, -0.15) is 0 Å². The highest BCUT2D eigenvalue weighted by molar-refractivity contribution is 8.18. The summed E-state index contributed by atoms with van der Waals surface area (Å²) in [6, 6.07) is 14.9. The quantitative estimate of drug-likeness (QED) is 0.568. The highest BCUT2D eigenvalue weighted by atomic mass is 32.2. The number of nitrogens with zero attached hydrogens (tertiary/aromatic N) is 3. The van der Waals surface area contributed by atoms with E-state index in [-0.39, 0.29) is 17.9 Å². The molecule has 178 valence electrons. The molecule has 4 rings (SSSR count). The van der Waals surface area contributed by atoms with Crippen LogP contribution in [0.25, 0.3) is 6.08 Å². The van der Waals surface area contributed by atoms with Crippen LogP contribution in [0, 0.1) is 0 Å². The number of thioether (sulfide) groups is 1. The van der Waals surface area contributed by atoms with Crippen LogP contribution in [0.2, 0.25) is 0 Å². The Balaban J connectivity index is 1.56. The lowest BCUT2D eigenvalue weighted by molar-refractivity contribution is -0.122. The monoisotopic (exact) mass is 479 g/mol. The second-order valence-electron chi connectivity index (χ2n) is 8.25. The second kappa shape index (κ2) is 10.9. The van der Waals surface area contributed by atoms with Gasteiger partial charge in [-0.15, -0.1) is 0 Å². The molecule has 0 saturated carbocycles. The third kappa shape index (κ3) is 5.69. The molecule has 2 amide bonds. The molecule has 0 radical (unpaired) electrons. The summed E-state index contributed by atoms with van der Waals surface area (Å²) in [7, 11) is 0. The first-order chi connectivity index (χ1) is 16.4. The topological polar surface area (TPSA) is 71.4 Å². The van der Waals surface area contributed by atoms with E-state index in [0.29, 0.717) is 54.2 Å². The molecule has 2 aliphatic rings. The number of hydrogen-bond acceptors (Lipinski definition) is 6. The van der Waals surface area contributed by atoms with E-state index in [1.54, 1.807) is 21.9 Å². The largest absolute Gasteiger partial charge is 0.491 e. The standard InChI is InChI=1S/C26H29N3O4S/c1-4-29-25(31)23(16-19-7-5-10-22(15-19)33-18(2)3)34-26(29)27-21-9-6-8-20(17-21)24(30)28-11-13-32-14-12-28/h5-10,15-18H,4,11-14H2,1-3H3/b23-16+,27-26?. The summed E-state index contributed by atoms with van der Waals surface area (Å²) >= 11 is 1.34. The molecule has 0 spiro atoms. The molecule has 0 atom stereocenters. The molecular weight excluding hydrogens is 450 g/mol. The first-order valence-electron chi connectivity index (χ1n) is 11.5. The summed E-state index contributed by atoms with van der Waals surface area (Å²) < 4.78 is 11.1. The summed E-state index contributed by atoms with van der Waals surface area (Å²) in [6.07, 6.45) is 1.94. The van der Waals surface area contributed by atoms with Gasteiger partial charge < -0.3 is 14.4 Å². The number of ether oxygens (including phenoxy) is 2. The molecule has 0 bridgehead atoms. The minimum absolute atomic E-state index is 0.0306. The van der Waals surface area contributed by atoms with Gasteiger partial charge in [-0.25, -0.2) is 4.99 Å². The van der Waals surface area contributed by atoms with E-state index in [9.17, 15) is 9.59 Å². The average Bonchev–Trinajstić information content (AvgIpc) is 3.12. The van der Waals surface area contributed by atoms with Crippen molar-refractivity contribution in [2.24, 2.45) is 4.99 Å². The summed E-state index contributed by atoms with van der Waals surface area (Å²) in [4.78, 5) is 34.6. The van der Waals surface area contributed by atoms with Crippen LogP contribution in [0.1, 0.15) is 36.7 Å². The molecule has 0 aromatic heterocycles. The van der Waals surface area contributed by atoms with E-state index in [2.05, 4.69) is 0 Å². The molecule has 7 nitrogen and oxygen atoms in total. The summed E-state index contributed by atoms with van der Waals surface area (Å²) in [5, 5.41) is 0.601.